The van der Waals surface area contributed by atoms with Crippen molar-refractivity contribution in [2.45, 2.75) is 6.18 Å². The van der Waals surface area contributed by atoms with Gasteiger partial charge < -0.3 is 10.6 Å². The Morgan fingerprint density at radius 1 is 0.750 bits per heavy atom. The van der Waals surface area contributed by atoms with Crippen molar-refractivity contribution in [3.63, 3.8) is 0 Å². The van der Waals surface area contributed by atoms with E-state index < -0.39 is 29.4 Å². The first-order valence-corrected chi connectivity index (χ1v) is 9.49. The number of hydrogen-bond donors (Lipinski definition) is 3. The normalized spacial score (nSPS) is 10.9. The first-order valence-electron chi connectivity index (χ1n) is 9.08. The fourth-order valence-corrected chi connectivity index (χ4v) is 2.83. The van der Waals surface area contributed by atoms with Crippen LogP contribution < -0.4 is 16.0 Å². The Morgan fingerprint density at radius 3 is 1.97 bits per heavy atom. The smallest absolute Gasteiger partial charge is 0.332 e. The monoisotopic (exact) mass is 461 g/mol. The quantitative estimate of drug-likeness (QED) is 0.368. The van der Waals surface area contributed by atoms with Gasteiger partial charge in [-0.3, -0.25) is 14.9 Å². The summed E-state index contributed by atoms with van der Waals surface area (Å²) in [6.45, 7) is 0. The van der Waals surface area contributed by atoms with Gasteiger partial charge in [0.05, 0.1) is 5.56 Å². The molecular weight excluding hydrogens is 446 g/mol. The zero-order chi connectivity index (χ0) is 23.3. The number of hydrogen-bond acceptors (Lipinski definition) is 3. The Morgan fingerprint density at radius 2 is 1.34 bits per heavy atom. The van der Waals surface area contributed by atoms with Crippen LogP contribution in [0.3, 0.4) is 0 Å². The van der Waals surface area contributed by atoms with Gasteiger partial charge in [0.25, 0.3) is 11.8 Å². The minimum atomic E-state index is -4.52. The Balaban J connectivity index is 1.58. The van der Waals surface area contributed by atoms with E-state index in [9.17, 15) is 27.2 Å². The van der Waals surface area contributed by atoms with Crippen molar-refractivity contribution in [1.82, 2.24) is 5.32 Å². The van der Waals surface area contributed by atoms with Crippen LogP contribution in [0, 0.1) is 5.82 Å². The molecule has 0 atom stereocenters. The average Bonchev–Trinajstić information content (AvgIpc) is 2.74. The number of carbonyl (C=O) groups is 2. The molecule has 0 aliphatic carbocycles. The zero-order valence-corrected chi connectivity index (χ0v) is 17.0. The molecule has 0 fully saturated rings. The first-order chi connectivity index (χ1) is 15.1. The lowest BCUT2D eigenvalue weighted by atomic mass is 10.1. The van der Waals surface area contributed by atoms with E-state index in [4.69, 9.17) is 12.2 Å². The summed E-state index contributed by atoms with van der Waals surface area (Å²) in [5, 5.41) is 7.60. The van der Waals surface area contributed by atoms with Crippen LogP contribution in [-0.2, 0) is 6.18 Å². The van der Waals surface area contributed by atoms with E-state index in [-0.39, 0.29) is 21.9 Å². The summed E-state index contributed by atoms with van der Waals surface area (Å²) in [5.74, 6) is -1.60. The number of carbonyl (C=O) groups excluding carboxylic acids is 2. The van der Waals surface area contributed by atoms with Gasteiger partial charge in [-0.15, -0.1) is 0 Å². The van der Waals surface area contributed by atoms with E-state index in [1.54, 1.807) is 0 Å². The Bertz CT molecular complexity index is 1150. The summed E-state index contributed by atoms with van der Waals surface area (Å²) in [4.78, 5) is 24.4. The van der Waals surface area contributed by atoms with E-state index in [1.807, 2.05) is 0 Å². The molecule has 5 nitrogen and oxygen atoms in total. The van der Waals surface area contributed by atoms with E-state index in [1.165, 1.54) is 48.5 Å². The third kappa shape index (κ3) is 6.11. The van der Waals surface area contributed by atoms with Gasteiger partial charge in [0, 0.05) is 22.5 Å². The molecule has 0 radical (unpaired) electrons. The number of halogens is 4. The summed E-state index contributed by atoms with van der Waals surface area (Å²) in [5.41, 5.74) is 0.0270. The molecule has 10 heteroatoms. The number of thiocarbonyl (C=S) groups is 1. The minimum absolute atomic E-state index is 0.0108. The van der Waals surface area contributed by atoms with Crippen LogP contribution in [0.15, 0.2) is 72.8 Å². The average molecular weight is 461 g/mol. The van der Waals surface area contributed by atoms with Crippen molar-refractivity contribution in [3.05, 3.63) is 95.3 Å². The van der Waals surface area contributed by atoms with Crippen molar-refractivity contribution >= 4 is 40.5 Å². The van der Waals surface area contributed by atoms with Crippen LogP contribution in [0.2, 0.25) is 0 Å². The molecule has 3 N–H and O–H groups in total. The molecule has 3 aromatic carbocycles. The second kappa shape index (κ2) is 9.56. The minimum Gasteiger partial charge on any atom is -0.332 e. The molecule has 3 aromatic rings. The van der Waals surface area contributed by atoms with Crippen LogP contribution in [0.1, 0.15) is 26.3 Å². The summed E-state index contributed by atoms with van der Waals surface area (Å²) < 4.78 is 51.3. The molecule has 0 saturated heterocycles. The van der Waals surface area contributed by atoms with Gasteiger partial charge in [-0.1, -0.05) is 6.07 Å². The number of anilines is 2. The van der Waals surface area contributed by atoms with Gasteiger partial charge in [0.1, 0.15) is 5.82 Å². The molecule has 3 rings (SSSR count). The molecule has 0 heterocycles. The van der Waals surface area contributed by atoms with E-state index in [0.717, 1.165) is 24.3 Å². The van der Waals surface area contributed by atoms with Gasteiger partial charge in [0.15, 0.2) is 5.11 Å². The Hall–Kier alpha value is -3.79. The topological polar surface area (TPSA) is 70.2 Å². The van der Waals surface area contributed by atoms with Gasteiger partial charge in [-0.2, -0.15) is 13.2 Å². The van der Waals surface area contributed by atoms with Crippen LogP contribution in [0.25, 0.3) is 0 Å². The largest absolute Gasteiger partial charge is 0.416 e. The lowest BCUT2D eigenvalue weighted by Gasteiger charge is -2.11. The fourth-order valence-electron chi connectivity index (χ4n) is 2.62. The highest BCUT2D eigenvalue weighted by molar-refractivity contribution is 7.80. The maximum absolute atomic E-state index is 12.9. The van der Waals surface area contributed by atoms with Gasteiger partial charge >= 0.3 is 6.18 Å². The van der Waals surface area contributed by atoms with Crippen molar-refractivity contribution < 1.29 is 27.2 Å². The predicted molar refractivity (Wildman–Crippen MR) is 116 cm³/mol. The standard InChI is InChI=1S/C22H15F4N3O2S/c23-16-8-4-13(5-9-16)20(31)29-21(32)28-17-10-6-14(7-11-17)19(30)27-18-3-1-2-15(12-18)22(24,25)26/h1-12H,(H,27,30)(H2,28,29,31,32). The maximum atomic E-state index is 12.9. The summed E-state index contributed by atoms with van der Waals surface area (Å²) in [6.07, 6.45) is -4.52. The zero-order valence-electron chi connectivity index (χ0n) is 16.2. The lowest BCUT2D eigenvalue weighted by Crippen LogP contribution is -2.34. The van der Waals surface area contributed by atoms with Gasteiger partial charge in [0.2, 0.25) is 0 Å². The third-order valence-electron chi connectivity index (χ3n) is 4.19. The van der Waals surface area contributed by atoms with E-state index in [2.05, 4.69) is 16.0 Å². The third-order valence-corrected chi connectivity index (χ3v) is 4.39. The highest BCUT2D eigenvalue weighted by Crippen LogP contribution is 2.30. The van der Waals surface area contributed by atoms with E-state index >= 15 is 0 Å². The van der Waals surface area contributed by atoms with E-state index in [0.29, 0.717) is 5.69 Å². The van der Waals surface area contributed by atoms with Crippen LogP contribution in [0.4, 0.5) is 28.9 Å². The summed E-state index contributed by atoms with van der Waals surface area (Å²) >= 11 is 5.06. The molecule has 0 unspecified atom stereocenters. The van der Waals surface area contributed by atoms with Crippen LogP contribution in [-0.4, -0.2) is 16.9 Å². The molecule has 32 heavy (non-hydrogen) atoms. The van der Waals surface area contributed by atoms with Crippen molar-refractivity contribution in [1.29, 1.82) is 0 Å². The molecule has 0 spiro atoms. The second-order valence-corrected chi connectivity index (χ2v) is 6.93. The fraction of sp³-hybridized carbons (Fsp3) is 0.0455. The van der Waals surface area contributed by atoms with Crippen molar-refractivity contribution in [2.24, 2.45) is 0 Å². The van der Waals surface area contributed by atoms with Crippen LogP contribution >= 0.6 is 12.2 Å². The summed E-state index contributed by atoms with van der Waals surface area (Å²) in [7, 11) is 0. The van der Waals surface area contributed by atoms with Crippen molar-refractivity contribution in [3.8, 4) is 0 Å². The SMILES string of the molecule is O=C(NC(=S)Nc1ccc(C(=O)Nc2cccc(C(F)(F)F)c2)cc1)c1ccc(F)cc1. The molecule has 2 amide bonds. The molecule has 0 saturated carbocycles. The number of rotatable bonds is 4. The highest BCUT2D eigenvalue weighted by atomic mass is 32.1. The molecule has 164 valence electrons. The first kappa shape index (κ1) is 22.9. The molecule has 0 aliphatic heterocycles. The number of benzene rings is 3. The molecule has 0 aliphatic rings. The number of alkyl halides is 3. The van der Waals surface area contributed by atoms with Crippen molar-refractivity contribution in [2.75, 3.05) is 10.6 Å². The second-order valence-electron chi connectivity index (χ2n) is 6.53. The Kier molecular flexibility index (Phi) is 6.84. The number of nitrogens with one attached hydrogen (secondary N) is 3. The highest BCUT2D eigenvalue weighted by Gasteiger charge is 2.30. The molecule has 0 aromatic heterocycles. The Labute approximate surface area is 185 Å². The lowest BCUT2D eigenvalue weighted by molar-refractivity contribution is -0.137. The molecule has 0 bridgehead atoms. The number of amides is 2. The van der Waals surface area contributed by atoms with Crippen LogP contribution in [0.5, 0.6) is 0 Å². The molecular formula is C22H15F4N3O2S. The maximum Gasteiger partial charge on any atom is 0.416 e. The summed E-state index contributed by atoms with van der Waals surface area (Å²) in [6, 6.07) is 15.1. The van der Waals surface area contributed by atoms with Gasteiger partial charge in [-0.05, 0) is 78.9 Å². The predicted octanol–water partition coefficient (Wildman–Crippen LogP) is 5.22. The van der Waals surface area contributed by atoms with Gasteiger partial charge in [-0.25, -0.2) is 4.39 Å².